The maximum absolute atomic E-state index is 14.0. The van der Waals surface area contributed by atoms with Crippen LogP contribution in [0.5, 0.6) is 5.75 Å². The van der Waals surface area contributed by atoms with Gasteiger partial charge in [-0.1, -0.05) is 42.5 Å². The van der Waals surface area contributed by atoms with Gasteiger partial charge in [-0.3, -0.25) is 9.69 Å². The van der Waals surface area contributed by atoms with Gasteiger partial charge in [0.05, 0.1) is 25.5 Å². The maximum atomic E-state index is 14.0. The Balaban J connectivity index is 1.53. The number of fused-ring (bicyclic) bond motifs is 4. The fraction of sp³-hybridized carbons (Fsp3) is 0.179. The first-order valence-electron chi connectivity index (χ1n) is 11.6. The Labute approximate surface area is 207 Å². The van der Waals surface area contributed by atoms with E-state index in [0.29, 0.717) is 12.2 Å². The summed E-state index contributed by atoms with van der Waals surface area (Å²) < 4.78 is 10.2. The van der Waals surface area contributed by atoms with Crippen LogP contribution in [0, 0.1) is 0 Å². The van der Waals surface area contributed by atoms with E-state index < -0.39 is 24.1 Å². The molecule has 8 nitrogen and oxygen atoms in total. The smallest absolute Gasteiger partial charge is 0.339 e. The maximum Gasteiger partial charge on any atom is 0.339 e. The number of esters is 1. The van der Waals surface area contributed by atoms with Gasteiger partial charge in [-0.2, -0.15) is 0 Å². The summed E-state index contributed by atoms with van der Waals surface area (Å²) >= 11 is 0. The summed E-state index contributed by atoms with van der Waals surface area (Å²) in [5, 5.41) is 1.03. The predicted molar refractivity (Wildman–Crippen MR) is 133 cm³/mol. The van der Waals surface area contributed by atoms with Crippen LogP contribution in [0.15, 0.2) is 72.8 Å². The van der Waals surface area contributed by atoms with Gasteiger partial charge in [0.25, 0.3) is 5.91 Å². The number of H-pyrrole nitrogens is 1. The molecule has 8 heteroatoms. The molecule has 0 spiro atoms. The number of hydrogen-bond acceptors (Lipinski definition) is 5. The van der Waals surface area contributed by atoms with Gasteiger partial charge in [-0.05, 0) is 41.5 Å². The number of nitrogens with zero attached hydrogens (tertiary/aromatic N) is 2. The molecule has 1 aromatic heterocycles. The number of urea groups is 1. The van der Waals surface area contributed by atoms with Crippen molar-refractivity contribution in [2.75, 3.05) is 19.1 Å². The molecule has 1 fully saturated rings. The molecule has 3 aromatic carbocycles. The highest BCUT2D eigenvalue weighted by Crippen LogP contribution is 2.45. The van der Waals surface area contributed by atoms with E-state index in [-0.39, 0.29) is 17.2 Å². The molecule has 0 radical (unpaired) electrons. The van der Waals surface area contributed by atoms with Gasteiger partial charge >= 0.3 is 12.0 Å². The van der Waals surface area contributed by atoms with Crippen molar-refractivity contribution >= 4 is 34.5 Å². The molecule has 4 aromatic rings. The second-order valence-corrected chi connectivity index (χ2v) is 8.83. The lowest BCUT2D eigenvalue weighted by atomic mass is 9.89. The molecule has 180 valence electrons. The van der Waals surface area contributed by atoms with Crippen LogP contribution in [0.4, 0.5) is 10.5 Å². The first kappa shape index (κ1) is 21.9. The number of carbonyl (C=O) groups excluding carboxylic acids is 3. The first-order chi connectivity index (χ1) is 17.5. The van der Waals surface area contributed by atoms with Gasteiger partial charge in [0.15, 0.2) is 0 Å². The van der Waals surface area contributed by atoms with Crippen LogP contribution in [-0.4, -0.2) is 48.1 Å². The van der Waals surface area contributed by atoms with Gasteiger partial charge in [-0.25, -0.2) is 14.5 Å². The standard InChI is InChI=1S/C28H23N3O5/c1-35-17-13-11-16(12-14-17)25-24-20(18-7-3-5-9-21(18)29-24)15-23-26(32)31(28(34)30(23)25)22-10-6-4-8-19(22)27(33)36-2/h3-14,23,25,29H,15H2,1-2H3/t23-,25-/m0/s1. The minimum Gasteiger partial charge on any atom is -0.497 e. The normalized spacial score (nSPS) is 18.8. The van der Waals surface area contributed by atoms with Gasteiger partial charge in [-0.15, -0.1) is 0 Å². The number of methoxy groups -OCH3 is 2. The molecule has 1 saturated heterocycles. The van der Waals surface area contributed by atoms with Crippen LogP contribution in [0.1, 0.15) is 33.2 Å². The first-order valence-corrected chi connectivity index (χ1v) is 11.6. The van der Waals surface area contributed by atoms with E-state index in [1.807, 2.05) is 48.5 Å². The molecular weight excluding hydrogens is 458 g/mol. The number of amides is 3. The molecule has 0 aliphatic carbocycles. The summed E-state index contributed by atoms with van der Waals surface area (Å²) in [6.45, 7) is 0. The van der Waals surface area contributed by atoms with Gasteiger partial charge in [0, 0.05) is 23.0 Å². The number of benzene rings is 3. The Kier molecular flexibility index (Phi) is 5.03. The Morgan fingerprint density at radius 1 is 0.944 bits per heavy atom. The van der Waals surface area contributed by atoms with E-state index in [2.05, 4.69) is 4.98 Å². The molecule has 0 saturated carbocycles. The lowest BCUT2D eigenvalue weighted by Crippen LogP contribution is -2.44. The number of hydrogen-bond donors (Lipinski definition) is 1. The third-order valence-corrected chi connectivity index (χ3v) is 7.03. The van der Waals surface area contributed by atoms with Crippen molar-refractivity contribution in [2.45, 2.75) is 18.5 Å². The highest BCUT2D eigenvalue weighted by molar-refractivity contribution is 6.23. The molecule has 2 aliphatic rings. The number of imide groups is 1. The van der Waals surface area contributed by atoms with Crippen LogP contribution in [0.25, 0.3) is 10.9 Å². The van der Waals surface area contributed by atoms with Crippen molar-refractivity contribution in [1.29, 1.82) is 0 Å². The molecular formula is C28H23N3O5. The fourth-order valence-electron chi connectivity index (χ4n) is 5.38. The van der Waals surface area contributed by atoms with Crippen LogP contribution < -0.4 is 9.64 Å². The van der Waals surface area contributed by atoms with Crippen molar-refractivity contribution in [3.63, 3.8) is 0 Å². The van der Waals surface area contributed by atoms with Crippen LogP contribution >= 0.6 is 0 Å². The number of rotatable bonds is 4. The van der Waals surface area contributed by atoms with E-state index in [0.717, 1.165) is 32.6 Å². The van der Waals surface area contributed by atoms with E-state index in [9.17, 15) is 14.4 Å². The Bertz CT molecular complexity index is 1520. The minimum atomic E-state index is -0.720. The Morgan fingerprint density at radius 2 is 1.67 bits per heavy atom. The lowest BCUT2D eigenvalue weighted by Gasteiger charge is -2.36. The Hall–Kier alpha value is -4.59. The van der Waals surface area contributed by atoms with Crippen molar-refractivity contribution < 1.29 is 23.9 Å². The molecule has 3 amide bonds. The van der Waals surface area contributed by atoms with Crippen LogP contribution in [-0.2, 0) is 16.0 Å². The summed E-state index contributed by atoms with van der Waals surface area (Å²) in [6, 6.07) is 20.2. The molecule has 3 heterocycles. The second-order valence-electron chi connectivity index (χ2n) is 8.83. The number of aromatic nitrogens is 1. The van der Waals surface area contributed by atoms with Crippen molar-refractivity contribution in [3.05, 3.63) is 95.2 Å². The molecule has 0 bridgehead atoms. The summed E-state index contributed by atoms with van der Waals surface area (Å²) in [6.07, 6.45) is 0.369. The summed E-state index contributed by atoms with van der Waals surface area (Å²) in [5.41, 5.74) is 4.06. The number of nitrogens with one attached hydrogen (secondary N) is 1. The summed E-state index contributed by atoms with van der Waals surface area (Å²) in [4.78, 5) is 46.5. The highest BCUT2D eigenvalue weighted by Gasteiger charge is 2.53. The van der Waals surface area contributed by atoms with Crippen molar-refractivity contribution in [2.24, 2.45) is 0 Å². The van der Waals surface area contributed by atoms with Gasteiger partial charge < -0.3 is 14.5 Å². The number of aromatic amines is 1. The van der Waals surface area contributed by atoms with Crippen molar-refractivity contribution in [1.82, 2.24) is 9.88 Å². The zero-order valence-corrected chi connectivity index (χ0v) is 19.7. The zero-order chi connectivity index (χ0) is 25.0. The monoisotopic (exact) mass is 481 g/mol. The molecule has 2 aliphatic heterocycles. The summed E-state index contributed by atoms with van der Waals surface area (Å²) in [7, 11) is 2.87. The van der Waals surface area contributed by atoms with E-state index in [4.69, 9.17) is 9.47 Å². The Morgan fingerprint density at radius 3 is 2.42 bits per heavy atom. The number of carbonyl (C=O) groups is 3. The number of para-hydroxylation sites is 2. The predicted octanol–water partition coefficient (Wildman–Crippen LogP) is 4.45. The van der Waals surface area contributed by atoms with E-state index in [1.54, 1.807) is 36.3 Å². The molecule has 1 N–H and O–H groups in total. The lowest BCUT2D eigenvalue weighted by molar-refractivity contribution is -0.120. The largest absolute Gasteiger partial charge is 0.497 e. The topological polar surface area (TPSA) is 91.9 Å². The molecule has 2 atom stereocenters. The van der Waals surface area contributed by atoms with Crippen LogP contribution in [0.2, 0.25) is 0 Å². The van der Waals surface area contributed by atoms with Crippen LogP contribution in [0.3, 0.4) is 0 Å². The number of anilines is 1. The average molecular weight is 482 g/mol. The van der Waals surface area contributed by atoms with Gasteiger partial charge in [0.1, 0.15) is 17.8 Å². The number of ether oxygens (including phenoxy) is 2. The quantitative estimate of drug-likeness (QED) is 0.344. The summed E-state index contributed by atoms with van der Waals surface area (Å²) in [5.74, 6) is -0.287. The fourth-order valence-corrected chi connectivity index (χ4v) is 5.38. The van der Waals surface area contributed by atoms with Gasteiger partial charge in [0.2, 0.25) is 0 Å². The molecule has 0 unspecified atom stereocenters. The van der Waals surface area contributed by atoms with E-state index in [1.165, 1.54) is 7.11 Å². The average Bonchev–Trinajstić information content (AvgIpc) is 3.41. The minimum absolute atomic E-state index is 0.159. The SMILES string of the molecule is COC(=O)c1ccccc1N1C(=O)[C@@H]2Cc3c([nH]c4ccccc34)[C@H](c3ccc(OC)cc3)N2C1=O. The van der Waals surface area contributed by atoms with Crippen molar-refractivity contribution in [3.8, 4) is 5.75 Å². The highest BCUT2D eigenvalue weighted by atomic mass is 16.5. The molecule has 36 heavy (non-hydrogen) atoms. The third-order valence-electron chi connectivity index (χ3n) is 7.03. The van der Waals surface area contributed by atoms with E-state index >= 15 is 0 Å². The third kappa shape index (κ3) is 3.11. The second kappa shape index (κ2) is 8.27. The molecule has 6 rings (SSSR count). The zero-order valence-electron chi connectivity index (χ0n) is 19.7.